The van der Waals surface area contributed by atoms with Crippen LogP contribution in [0.15, 0.2) is 72.8 Å². The minimum Gasteiger partial charge on any atom is -0.490 e. The fourth-order valence-electron chi connectivity index (χ4n) is 5.07. The molecule has 1 heterocycles. The van der Waals surface area contributed by atoms with Gasteiger partial charge in [0.05, 0.1) is 5.52 Å². The fourth-order valence-corrected chi connectivity index (χ4v) is 5.07. The van der Waals surface area contributed by atoms with Crippen molar-refractivity contribution < 1.29 is 29.3 Å². The molecule has 0 aliphatic heterocycles. The Bertz CT molecular complexity index is 1610. The Kier molecular flexibility index (Phi) is 10.2. The molecule has 3 aromatic carbocycles. The molecule has 2 N–H and O–H groups in total. The Morgan fingerprint density at radius 3 is 2.29 bits per heavy atom. The molecule has 4 aromatic rings. The first kappa shape index (κ1) is 30.2. The Hall–Kier alpha value is -4.78. The van der Waals surface area contributed by atoms with Gasteiger partial charge < -0.3 is 24.3 Å². The summed E-state index contributed by atoms with van der Waals surface area (Å²) in [7, 11) is 0. The Balaban J connectivity index is 1.40. The van der Waals surface area contributed by atoms with Crippen LogP contribution in [0.1, 0.15) is 46.4 Å². The number of fused-ring (bicyclic) bond motifs is 1. The van der Waals surface area contributed by atoms with Crippen molar-refractivity contribution in [1.29, 1.82) is 0 Å². The predicted molar refractivity (Wildman–Crippen MR) is 166 cm³/mol. The van der Waals surface area contributed by atoms with Crippen molar-refractivity contribution in [3.05, 3.63) is 106 Å². The summed E-state index contributed by atoms with van der Waals surface area (Å²) < 4.78 is 13.4. The summed E-state index contributed by atoms with van der Waals surface area (Å²) >= 11 is 0. The molecule has 1 aromatic heterocycles. The number of ether oxygens (including phenoxy) is 2. The second-order valence-corrected chi connectivity index (χ2v) is 10.3. The number of aromatic nitrogens is 1. The Morgan fingerprint density at radius 1 is 0.857 bits per heavy atom. The van der Waals surface area contributed by atoms with E-state index < -0.39 is 11.9 Å². The van der Waals surface area contributed by atoms with Crippen LogP contribution in [-0.2, 0) is 22.6 Å². The number of hydrogen-bond donors (Lipinski definition) is 2. The highest BCUT2D eigenvalue weighted by Gasteiger charge is 2.18. The van der Waals surface area contributed by atoms with Crippen molar-refractivity contribution in [3.8, 4) is 11.5 Å². The molecule has 0 fully saturated rings. The average molecular weight is 568 g/mol. The SMILES string of the molecule is Cc1ccc(OC/C=C/COc2ccc(C=Cc3cccc4c(CCCC(=O)O)c(C)n(CC(=O)O)c34)cc2)c(C)c1. The van der Waals surface area contributed by atoms with Gasteiger partial charge in [-0.05, 0) is 86.2 Å². The van der Waals surface area contributed by atoms with Gasteiger partial charge in [-0.2, -0.15) is 0 Å². The van der Waals surface area contributed by atoms with Gasteiger partial charge in [0.25, 0.3) is 0 Å². The molecule has 7 heteroatoms. The van der Waals surface area contributed by atoms with Crippen molar-refractivity contribution >= 4 is 35.0 Å². The lowest BCUT2D eigenvalue weighted by Crippen LogP contribution is -2.10. The summed E-state index contributed by atoms with van der Waals surface area (Å²) in [6.07, 6.45) is 8.98. The first-order valence-electron chi connectivity index (χ1n) is 14.0. The smallest absolute Gasteiger partial charge is 0.323 e. The maximum Gasteiger partial charge on any atom is 0.323 e. The number of aryl methyl sites for hydroxylation is 3. The largest absolute Gasteiger partial charge is 0.490 e. The summed E-state index contributed by atoms with van der Waals surface area (Å²) in [4.78, 5) is 22.7. The fraction of sp³-hybridized carbons (Fsp3) is 0.257. The van der Waals surface area contributed by atoms with Crippen molar-refractivity contribution in [2.75, 3.05) is 13.2 Å². The second-order valence-electron chi connectivity index (χ2n) is 10.3. The van der Waals surface area contributed by atoms with Crippen LogP contribution in [0, 0.1) is 20.8 Å². The third-order valence-electron chi connectivity index (χ3n) is 7.13. The highest BCUT2D eigenvalue weighted by Crippen LogP contribution is 2.31. The van der Waals surface area contributed by atoms with Crippen molar-refractivity contribution in [1.82, 2.24) is 4.57 Å². The molecule has 0 atom stereocenters. The number of rotatable bonds is 14. The third-order valence-corrected chi connectivity index (χ3v) is 7.13. The quantitative estimate of drug-likeness (QED) is 0.123. The van der Waals surface area contributed by atoms with E-state index in [0.29, 0.717) is 26.1 Å². The molecule has 0 aliphatic carbocycles. The molecule has 0 radical (unpaired) electrons. The number of carbonyl (C=O) groups is 2. The maximum atomic E-state index is 11.7. The van der Waals surface area contributed by atoms with E-state index in [4.69, 9.17) is 14.6 Å². The van der Waals surface area contributed by atoms with E-state index in [1.807, 2.05) is 97.3 Å². The van der Waals surface area contributed by atoms with E-state index in [1.165, 1.54) is 5.56 Å². The zero-order valence-corrected chi connectivity index (χ0v) is 24.3. The van der Waals surface area contributed by atoms with Gasteiger partial charge in [-0.1, -0.05) is 60.2 Å². The summed E-state index contributed by atoms with van der Waals surface area (Å²) in [5.74, 6) is -0.124. The predicted octanol–water partition coefficient (Wildman–Crippen LogP) is 7.24. The summed E-state index contributed by atoms with van der Waals surface area (Å²) in [5, 5.41) is 19.6. The van der Waals surface area contributed by atoms with Gasteiger partial charge in [-0.3, -0.25) is 9.59 Å². The highest BCUT2D eigenvalue weighted by atomic mass is 16.5. The van der Waals surface area contributed by atoms with Crippen LogP contribution in [0.3, 0.4) is 0 Å². The lowest BCUT2D eigenvalue weighted by molar-refractivity contribution is -0.138. The molecule has 0 bridgehead atoms. The minimum absolute atomic E-state index is 0.0722. The van der Waals surface area contributed by atoms with Crippen LogP contribution in [0.2, 0.25) is 0 Å². The van der Waals surface area contributed by atoms with Crippen molar-refractivity contribution in [2.24, 2.45) is 0 Å². The van der Waals surface area contributed by atoms with E-state index in [9.17, 15) is 14.7 Å². The van der Waals surface area contributed by atoms with Gasteiger partial charge in [0.15, 0.2) is 0 Å². The standard InChI is InChI=1S/C35H37NO6/c1-24-12-19-32(25(2)22-24)42-21-5-4-20-41-29-17-14-27(15-18-29)13-16-28-8-6-10-31-30(9-7-11-33(37)38)26(3)36(35(28)31)23-34(39)40/h4-6,8,10,12-19,22H,7,9,11,20-21,23H2,1-3H3,(H,37,38)(H,39,40)/b5-4+,16-13?. The van der Waals surface area contributed by atoms with Crippen LogP contribution in [0.4, 0.5) is 0 Å². The number of carboxylic acids is 2. The normalized spacial score (nSPS) is 11.5. The minimum atomic E-state index is -0.926. The lowest BCUT2D eigenvalue weighted by atomic mass is 10.0. The Morgan fingerprint density at radius 2 is 1.60 bits per heavy atom. The second kappa shape index (κ2) is 14.2. The van der Waals surface area contributed by atoms with Crippen LogP contribution in [0.5, 0.6) is 11.5 Å². The molecule has 0 saturated carbocycles. The van der Waals surface area contributed by atoms with Crippen molar-refractivity contribution in [2.45, 2.75) is 46.6 Å². The van der Waals surface area contributed by atoms with Crippen LogP contribution in [-0.4, -0.2) is 39.9 Å². The van der Waals surface area contributed by atoms with E-state index in [1.54, 1.807) is 0 Å². The van der Waals surface area contributed by atoms with E-state index in [-0.39, 0.29) is 13.0 Å². The molecule has 218 valence electrons. The molecular formula is C35H37NO6. The van der Waals surface area contributed by atoms with E-state index in [0.717, 1.165) is 50.3 Å². The molecule has 0 unspecified atom stereocenters. The van der Waals surface area contributed by atoms with E-state index >= 15 is 0 Å². The van der Waals surface area contributed by atoms with Crippen LogP contribution < -0.4 is 9.47 Å². The zero-order chi connectivity index (χ0) is 30.1. The summed E-state index contributed by atoms with van der Waals surface area (Å²) in [6, 6.07) is 19.8. The number of carboxylic acid groups (broad SMARTS) is 2. The number of hydrogen-bond acceptors (Lipinski definition) is 4. The molecular weight excluding hydrogens is 530 g/mol. The summed E-state index contributed by atoms with van der Waals surface area (Å²) in [6.45, 7) is 6.75. The van der Waals surface area contributed by atoms with Crippen molar-refractivity contribution in [3.63, 3.8) is 0 Å². The van der Waals surface area contributed by atoms with Gasteiger partial charge in [0.1, 0.15) is 31.3 Å². The van der Waals surface area contributed by atoms with Gasteiger partial charge in [0, 0.05) is 17.5 Å². The van der Waals surface area contributed by atoms with Gasteiger partial charge in [-0.15, -0.1) is 0 Å². The molecule has 0 aliphatic rings. The molecule has 42 heavy (non-hydrogen) atoms. The van der Waals surface area contributed by atoms with Gasteiger partial charge in [-0.25, -0.2) is 0 Å². The maximum absolute atomic E-state index is 11.7. The number of benzene rings is 3. The average Bonchev–Trinajstić information content (AvgIpc) is 3.21. The Labute approximate surface area is 246 Å². The van der Waals surface area contributed by atoms with E-state index in [2.05, 4.69) is 13.0 Å². The lowest BCUT2D eigenvalue weighted by Gasteiger charge is -2.08. The van der Waals surface area contributed by atoms with Crippen LogP contribution in [0.25, 0.3) is 23.1 Å². The molecule has 0 spiro atoms. The number of nitrogens with zero attached hydrogens (tertiary/aromatic N) is 1. The highest BCUT2D eigenvalue weighted by molar-refractivity contribution is 5.95. The molecule has 4 rings (SSSR count). The van der Waals surface area contributed by atoms with Gasteiger partial charge >= 0.3 is 11.9 Å². The van der Waals surface area contributed by atoms with Gasteiger partial charge in [0.2, 0.25) is 0 Å². The molecule has 0 amide bonds. The summed E-state index contributed by atoms with van der Waals surface area (Å²) in [5.41, 5.74) is 6.89. The number of para-hydroxylation sites is 1. The topological polar surface area (TPSA) is 98.0 Å². The van der Waals surface area contributed by atoms with Crippen LogP contribution >= 0.6 is 0 Å². The number of aliphatic carboxylic acids is 2. The zero-order valence-electron chi connectivity index (χ0n) is 24.3. The first-order valence-corrected chi connectivity index (χ1v) is 14.0. The third kappa shape index (κ3) is 7.91. The molecule has 0 saturated heterocycles. The monoisotopic (exact) mass is 567 g/mol. The first-order chi connectivity index (χ1) is 20.2. The molecule has 7 nitrogen and oxygen atoms in total.